The van der Waals surface area contributed by atoms with E-state index in [0.29, 0.717) is 11.3 Å². The van der Waals surface area contributed by atoms with Crippen molar-refractivity contribution >= 4 is 17.7 Å². The Bertz CT molecular complexity index is 279. The minimum absolute atomic E-state index is 0.0502. The fourth-order valence-electron chi connectivity index (χ4n) is 2.79. The van der Waals surface area contributed by atoms with Crippen molar-refractivity contribution in [2.75, 3.05) is 12.9 Å². The monoisotopic (exact) mass is 257 g/mol. The molecule has 0 aromatic rings. The first-order chi connectivity index (χ1) is 8.20. The number of hydrogen-bond acceptors (Lipinski definition) is 4. The van der Waals surface area contributed by atoms with Crippen LogP contribution in [-0.2, 0) is 9.53 Å². The summed E-state index contributed by atoms with van der Waals surface area (Å²) in [5, 5.41) is 4.17. The van der Waals surface area contributed by atoms with Gasteiger partial charge in [-0.3, -0.25) is 10.1 Å². The van der Waals surface area contributed by atoms with E-state index in [1.807, 2.05) is 11.8 Å². The third-order valence-electron chi connectivity index (χ3n) is 3.74. The molecular formula is C13H23NO2S. The van der Waals surface area contributed by atoms with Gasteiger partial charge >= 0.3 is 5.97 Å². The number of rotatable bonds is 5. The number of thioether (sulfide) groups is 1. The topological polar surface area (TPSA) is 38.3 Å². The van der Waals surface area contributed by atoms with Crippen LogP contribution in [0.25, 0.3) is 0 Å². The number of ether oxygens (including phenoxy) is 1. The van der Waals surface area contributed by atoms with E-state index in [2.05, 4.69) is 12.2 Å². The Morgan fingerprint density at radius 1 is 1.47 bits per heavy atom. The van der Waals surface area contributed by atoms with Crippen LogP contribution in [-0.4, -0.2) is 35.7 Å². The van der Waals surface area contributed by atoms with Crippen molar-refractivity contribution in [1.29, 1.82) is 0 Å². The standard InChI is InChI=1S/C13H23NO2S/c1-3-17-11-5-4-8-13(9-11,12(15)16-2)14-10-6-7-10/h10-11,14H,3-9H2,1-2H3. The van der Waals surface area contributed by atoms with E-state index in [4.69, 9.17) is 4.74 Å². The Balaban J connectivity index is 2.04. The van der Waals surface area contributed by atoms with Gasteiger partial charge in [-0.2, -0.15) is 11.8 Å². The predicted molar refractivity (Wildman–Crippen MR) is 71.3 cm³/mol. The zero-order valence-corrected chi connectivity index (χ0v) is 11.6. The summed E-state index contributed by atoms with van der Waals surface area (Å²) in [7, 11) is 1.51. The van der Waals surface area contributed by atoms with Gasteiger partial charge in [-0.25, -0.2) is 0 Å². The summed E-state index contributed by atoms with van der Waals surface area (Å²) in [5.41, 5.74) is -0.388. The van der Waals surface area contributed by atoms with E-state index in [9.17, 15) is 4.79 Å². The Morgan fingerprint density at radius 3 is 2.82 bits per heavy atom. The van der Waals surface area contributed by atoms with Crippen LogP contribution in [0.5, 0.6) is 0 Å². The summed E-state index contributed by atoms with van der Waals surface area (Å²) in [6, 6.07) is 0.555. The minimum Gasteiger partial charge on any atom is -0.468 e. The molecule has 0 spiro atoms. The van der Waals surface area contributed by atoms with E-state index in [1.54, 1.807) is 0 Å². The van der Waals surface area contributed by atoms with Crippen molar-refractivity contribution < 1.29 is 9.53 Å². The van der Waals surface area contributed by atoms with E-state index in [0.717, 1.165) is 25.0 Å². The van der Waals surface area contributed by atoms with Crippen LogP contribution in [0.3, 0.4) is 0 Å². The maximum atomic E-state index is 12.1. The van der Waals surface area contributed by atoms with Crippen LogP contribution in [0, 0.1) is 0 Å². The molecule has 0 aliphatic heterocycles. The fraction of sp³-hybridized carbons (Fsp3) is 0.923. The lowest BCUT2D eigenvalue weighted by molar-refractivity contribution is -0.150. The summed E-state index contributed by atoms with van der Waals surface area (Å²) in [4.78, 5) is 12.1. The molecule has 2 fully saturated rings. The Kier molecular flexibility index (Phi) is 4.36. The van der Waals surface area contributed by atoms with Crippen LogP contribution in [0.15, 0.2) is 0 Å². The molecule has 0 aromatic heterocycles. The molecule has 4 heteroatoms. The Labute approximate surface area is 108 Å². The SMILES string of the molecule is CCSC1CCCC(NC2CC2)(C(=O)OC)C1. The van der Waals surface area contributed by atoms with Crippen molar-refractivity contribution in [3.63, 3.8) is 0 Å². The van der Waals surface area contributed by atoms with E-state index < -0.39 is 0 Å². The molecule has 0 bridgehead atoms. The van der Waals surface area contributed by atoms with Crippen molar-refractivity contribution in [1.82, 2.24) is 5.32 Å². The summed E-state index contributed by atoms with van der Waals surface area (Å²) in [6.07, 6.45) is 6.68. The summed E-state index contributed by atoms with van der Waals surface area (Å²) < 4.78 is 5.04. The molecule has 0 aromatic carbocycles. The average molecular weight is 257 g/mol. The number of hydrogen-bond donors (Lipinski definition) is 1. The highest BCUT2D eigenvalue weighted by molar-refractivity contribution is 7.99. The van der Waals surface area contributed by atoms with Gasteiger partial charge in [0.15, 0.2) is 0 Å². The van der Waals surface area contributed by atoms with Gasteiger partial charge in [0.1, 0.15) is 5.54 Å². The number of nitrogens with one attached hydrogen (secondary N) is 1. The molecule has 2 aliphatic rings. The molecule has 2 saturated carbocycles. The minimum atomic E-state index is -0.388. The molecule has 0 amide bonds. The smallest absolute Gasteiger partial charge is 0.326 e. The first kappa shape index (κ1) is 13.2. The highest BCUT2D eigenvalue weighted by Gasteiger charge is 2.46. The molecule has 0 heterocycles. The van der Waals surface area contributed by atoms with Crippen LogP contribution < -0.4 is 5.32 Å². The summed E-state index contributed by atoms with van der Waals surface area (Å²) in [5.74, 6) is 1.08. The fourth-order valence-corrected chi connectivity index (χ4v) is 4.00. The van der Waals surface area contributed by atoms with Crippen molar-refractivity contribution in [3.8, 4) is 0 Å². The van der Waals surface area contributed by atoms with E-state index in [1.165, 1.54) is 26.4 Å². The summed E-state index contributed by atoms with van der Waals surface area (Å²) >= 11 is 1.98. The molecule has 0 radical (unpaired) electrons. The number of methoxy groups -OCH3 is 1. The Morgan fingerprint density at radius 2 is 2.24 bits per heavy atom. The second kappa shape index (κ2) is 5.61. The first-order valence-electron chi connectivity index (χ1n) is 6.68. The van der Waals surface area contributed by atoms with Crippen LogP contribution in [0.2, 0.25) is 0 Å². The van der Waals surface area contributed by atoms with Crippen LogP contribution >= 0.6 is 11.8 Å². The van der Waals surface area contributed by atoms with Gasteiger partial charge < -0.3 is 4.74 Å². The highest BCUT2D eigenvalue weighted by atomic mass is 32.2. The third kappa shape index (κ3) is 3.16. The van der Waals surface area contributed by atoms with Gasteiger partial charge in [-0.05, 0) is 44.3 Å². The molecule has 17 heavy (non-hydrogen) atoms. The lowest BCUT2D eigenvalue weighted by Gasteiger charge is -2.39. The highest BCUT2D eigenvalue weighted by Crippen LogP contribution is 2.38. The average Bonchev–Trinajstić information content (AvgIpc) is 3.12. The quantitative estimate of drug-likeness (QED) is 0.767. The van der Waals surface area contributed by atoms with Gasteiger partial charge in [0.25, 0.3) is 0 Å². The molecule has 2 rings (SSSR count). The number of esters is 1. The lowest BCUT2D eigenvalue weighted by Crippen LogP contribution is -2.56. The van der Waals surface area contributed by atoms with Crippen LogP contribution in [0.1, 0.15) is 45.4 Å². The van der Waals surface area contributed by atoms with Gasteiger partial charge in [-0.1, -0.05) is 6.92 Å². The summed E-state index contributed by atoms with van der Waals surface area (Å²) in [6.45, 7) is 2.19. The van der Waals surface area contributed by atoms with E-state index >= 15 is 0 Å². The van der Waals surface area contributed by atoms with Gasteiger partial charge in [0.2, 0.25) is 0 Å². The number of carbonyl (C=O) groups is 1. The van der Waals surface area contributed by atoms with Gasteiger partial charge in [0, 0.05) is 11.3 Å². The zero-order valence-electron chi connectivity index (χ0n) is 10.8. The lowest BCUT2D eigenvalue weighted by atomic mass is 9.81. The van der Waals surface area contributed by atoms with Crippen molar-refractivity contribution in [3.05, 3.63) is 0 Å². The molecule has 2 unspecified atom stereocenters. The predicted octanol–water partition coefficient (Wildman–Crippen LogP) is 2.35. The molecule has 2 aliphatic carbocycles. The second-order valence-electron chi connectivity index (χ2n) is 5.17. The zero-order chi connectivity index (χ0) is 12.3. The maximum Gasteiger partial charge on any atom is 0.326 e. The second-order valence-corrected chi connectivity index (χ2v) is 6.74. The molecule has 3 nitrogen and oxygen atoms in total. The molecular weight excluding hydrogens is 234 g/mol. The third-order valence-corrected chi connectivity index (χ3v) is 4.95. The molecule has 98 valence electrons. The van der Waals surface area contributed by atoms with E-state index in [-0.39, 0.29) is 11.5 Å². The molecule has 0 saturated heterocycles. The van der Waals surface area contributed by atoms with Gasteiger partial charge in [0.05, 0.1) is 7.11 Å². The Hall–Kier alpha value is -0.220. The van der Waals surface area contributed by atoms with Crippen molar-refractivity contribution in [2.24, 2.45) is 0 Å². The van der Waals surface area contributed by atoms with Gasteiger partial charge in [-0.15, -0.1) is 0 Å². The maximum absolute atomic E-state index is 12.1. The molecule has 2 atom stereocenters. The largest absolute Gasteiger partial charge is 0.468 e. The number of carbonyl (C=O) groups excluding carboxylic acids is 1. The normalized spacial score (nSPS) is 33.4. The first-order valence-corrected chi connectivity index (χ1v) is 7.73. The van der Waals surface area contributed by atoms with Crippen LogP contribution in [0.4, 0.5) is 0 Å². The van der Waals surface area contributed by atoms with Crippen molar-refractivity contribution in [2.45, 2.75) is 62.3 Å². The molecule has 1 N–H and O–H groups in total.